The molecule has 4 nitrogen and oxygen atoms in total. The number of amides is 1. The fourth-order valence-electron chi connectivity index (χ4n) is 1.88. The highest BCUT2D eigenvalue weighted by Gasteiger charge is 2.10. The van der Waals surface area contributed by atoms with Crippen LogP contribution in [-0.2, 0) is 0 Å². The molecule has 0 atom stereocenters. The SMILES string of the molecule is O=C(N/N=C\C=C\c1ccco1)c1csc2ccccc12. The number of carbonyl (C=O) groups excluding carboxylic acids is 1. The first kappa shape index (κ1) is 13.3. The summed E-state index contributed by atoms with van der Waals surface area (Å²) in [5.74, 6) is 0.520. The van der Waals surface area contributed by atoms with E-state index in [9.17, 15) is 4.79 Å². The minimum absolute atomic E-state index is 0.213. The van der Waals surface area contributed by atoms with Crippen LogP contribution in [0.2, 0.25) is 0 Å². The van der Waals surface area contributed by atoms with Gasteiger partial charge in [-0.05, 0) is 30.4 Å². The first-order valence-electron chi connectivity index (χ1n) is 6.34. The van der Waals surface area contributed by atoms with E-state index in [4.69, 9.17) is 4.42 Å². The number of rotatable bonds is 4. The first-order valence-corrected chi connectivity index (χ1v) is 7.22. The number of furan rings is 1. The Morgan fingerprint density at radius 2 is 2.14 bits per heavy atom. The molecule has 3 rings (SSSR count). The molecular formula is C16H12N2O2S. The highest BCUT2D eigenvalue weighted by molar-refractivity contribution is 7.17. The zero-order valence-corrected chi connectivity index (χ0v) is 11.8. The van der Waals surface area contributed by atoms with Gasteiger partial charge in [-0.2, -0.15) is 5.10 Å². The molecule has 0 radical (unpaired) electrons. The lowest BCUT2D eigenvalue weighted by atomic mass is 10.2. The number of nitrogens with zero attached hydrogens (tertiary/aromatic N) is 1. The van der Waals surface area contributed by atoms with Gasteiger partial charge in [0, 0.05) is 21.7 Å². The molecule has 1 amide bonds. The summed E-state index contributed by atoms with van der Waals surface area (Å²) >= 11 is 1.55. The third-order valence-electron chi connectivity index (χ3n) is 2.86. The van der Waals surface area contributed by atoms with E-state index in [1.165, 1.54) is 6.21 Å². The molecular weight excluding hydrogens is 284 g/mol. The van der Waals surface area contributed by atoms with Crippen LogP contribution in [0.5, 0.6) is 0 Å². The van der Waals surface area contributed by atoms with Crippen molar-refractivity contribution in [2.24, 2.45) is 5.10 Å². The van der Waals surface area contributed by atoms with E-state index < -0.39 is 0 Å². The first-order chi connectivity index (χ1) is 10.3. The molecule has 0 saturated carbocycles. The number of thiophene rings is 1. The minimum atomic E-state index is -0.213. The third kappa shape index (κ3) is 3.09. The van der Waals surface area contributed by atoms with E-state index in [1.54, 1.807) is 35.8 Å². The number of nitrogens with one attached hydrogen (secondary N) is 1. The molecule has 21 heavy (non-hydrogen) atoms. The number of hydrogen-bond donors (Lipinski definition) is 1. The fourth-order valence-corrected chi connectivity index (χ4v) is 2.82. The lowest BCUT2D eigenvalue weighted by molar-refractivity contribution is 0.0957. The lowest BCUT2D eigenvalue weighted by Gasteiger charge is -1.97. The number of carbonyl (C=O) groups is 1. The summed E-state index contributed by atoms with van der Waals surface area (Å²) < 4.78 is 6.22. The van der Waals surface area contributed by atoms with Crippen LogP contribution in [0.1, 0.15) is 16.1 Å². The van der Waals surface area contributed by atoms with E-state index in [0.29, 0.717) is 5.56 Å². The molecule has 0 aliphatic rings. The summed E-state index contributed by atoms with van der Waals surface area (Å²) in [6.07, 6.45) is 6.57. The predicted molar refractivity (Wildman–Crippen MR) is 85.5 cm³/mol. The minimum Gasteiger partial charge on any atom is -0.465 e. The summed E-state index contributed by atoms with van der Waals surface area (Å²) in [4.78, 5) is 12.1. The van der Waals surface area contributed by atoms with Crippen molar-refractivity contribution in [3.63, 3.8) is 0 Å². The van der Waals surface area contributed by atoms with Gasteiger partial charge in [0.15, 0.2) is 0 Å². The Balaban J connectivity index is 1.64. The van der Waals surface area contributed by atoms with Gasteiger partial charge in [-0.1, -0.05) is 18.2 Å². The topological polar surface area (TPSA) is 54.6 Å². The zero-order chi connectivity index (χ0) is 14.5. The predicted octanol–water partition coefficient (Wildman–Crippen LogP) is 3.92. The second kappa shape index (κ2) is 6.19. The maximum absolute atomic E-state index is 12.1. The highest BCUT2D eigenvalue weighted by atomic mass is 32.1. The second-order valence-corrected chi connectivity index (χ2v) is 5.15. The molecule has 2 aromatic heterocycles. The third-order valence-corrected chi connectivity index (χ3v) is 3.82. The molecule has 5 heteroatoms. The molecule has 2 heterocycles. The molecule has 0 aliphatic carbocycles. The smallest absolute Gasteiger partial charge is 0.272 e. The van der Waals surface area contributed by atoms with Crippen molar-refractivity contribution in [3.8, 4) is 0 Å². The monoisotopic (exact) mass is 296 g/mol. The standard InChI is InChI=1S/C16H12N2O2S/c19-16(14-11-21-15-8-2-1-7-13(14)15)18-17-9-3-5-12-6-4-10-20-12/h1-11H,(H,18,19)/b5-3+,17-9-. The number of hydrogen-bond acceptors (Lipinski definition) is 4. The maximum atomic E-state index is 12.1. The van der Waals surface area contributed by atoms with E-state index in [-0.39, 0.29) is 5.91 Å². The van der Waals surface area contributed by atoms with Crippen LogP contribution in [0.3, 0.4) is 0 Å². The summed E-state index contributed by atoms with van der Waals surface area (Å²) in [5, 5.41) is 6.67. The van der Waals surface area contributed by atoms with Crippen molar-refractivity contribution >= 4 is 39.6 Å². The largest absolute Gasteiger partial charge is 0.465 e. The van der Waals surface area contributed by atoms with Crippen LogP contribution >= 0.6 is 11.3 Å². The summed E-state index contributed by atoms with van der Waals surface area (Å²) in [6.45, 7) is 0. The van der Waals surface area contributed by atoms with Gasteiger partial charge in [0.2, 0.25) is 0 Å². The Morgan fingerprint density at radius 1 is 1.24 bits per heavy atom. The van der Waals surface area contributed by atoms with Crippen LogP contribution in [0.4, 0.5) is 0 Å². The molecule has 0 saturated heterocycles. The Bertz CT molecular complexity index is 801. The van der Waals surface area contributed by atoms with Crippen LogP contribution < -0.4 is 5.43 Å². The molecule has 0 aliphatic heterocycles. The van der Waals surface area contributed by atoms with E-state index in [0.717, 1.165) is 15.8 Å². The zero-order valence-electron chi connectivity index (χ0n) is 11.0. The van der Waals surface area contributed by atoms with Gasteiger partial charge in [0.1, 0.15) is 5.76 Å². The number of allylic oxidation sites excluding steroid dienone is 1. The summed E-state index contributed by atoms with van der Waals surface area (Å²) in [6, 6.07) is 11.4. The average molecular weight is 296 g/mol. The van der Waals surface area contributed by atoms with Crippen LogP contribution in [0.15, 0.2) is 63.6 Å². The molecule has 1 aromatic carbocycles. The van der Waals surface area contributed by atoms with Crippen molar-refractivity contribution < 1.29 is 9.21 Å². The van der Waals surface area contributed by atoms with Gasteiger partial charge >= 0.3 is 0 Å². The van der Waals surface area contributed by atoms with E-state index in [2.05, 4.69) is 10.5 Å². The Kier molecular flexibility index (Phi) is 3.93. The lowest BCUT2D eigenvalue weighted by Crippen LogP contribution is -2.16. The molecule has 0 unspecified atom stereocenters. The quantitative estimate of drug-likeness (QED) is 0.586. The van der Waals surface area contributed by atoms with Gasteiger partial charge in [-0.25, -0.2) is 5.43 Å². The van der Waals surface area contributed by atoms with Gasteiger partial charge in [-0.3, -0.25) is 4.79 Å². The average Bonchev–Trinajstić information content (AvgIpc) is 3.16. The van der Waals surface area contributed by atoms with Crippen molar-refractivity contribution in [1.82, 2.24) is 5.43 Å². The Hall–Kier alpha value is -2.66. The molecule has 0 spiro atoms. The number of fused-ring (bicyclic) bond motifs is 1. The van der Waals surface area contributed by atoms with Gasteiger partial charge in [0.05, 0.1) is 11.8 Å². The van der Waals surface area contributed by atoms with Crippen LogP contribution in [-0.4, -0.2) is 12.1 Å². The summed E-state index contributed by atoms with van der Waals surface area (Å²) in [5.41, 5.74) is 3.15. The molecule has 104 valence electrons. The highest BCUT2D eigenvalue weighted by Crippen LogP contribution is 2.25. The number of benzene rings is 1. The number of hydrazone groups is 1. The van der Waals surface area contributed by atoms with Gasteiger partial charge in [0.25, 0.3) is 5.91 Å². The molecule has 0 fully saturated rings. The van der Waals surface area contributed by atoms with Crippen molar-refractivity contribution in [2.45, 2.75) is 0 Å². The second-order valence-electron chi connectivity index (χ2n) is 4.24. The van der Waals surface area contributed by atoms with Crippen molar-refractivity contribution in [1.29, 1.82) is 0 Å². The normalized spacial score (nSPS) is 11.6. The fraction of sp³-hybridized carbons (Fsp3) is 0. The summed E-state index contributed by atoms with van der Waals surface area (Å²) in [7, 11) is 0. The van der Waals surface area contributed by atoms with Crippen LogP contribution in [0, 0.1) is 0 Å². The Morgan fingerprint density at radius 3 is 3.00 bits per heavy atom. The van der Waals surface area contributed by atoms with Crippen molar-refractivity contribution in [3.05, 3.63) is 65.4 Å². The maximum Gasteiger partial charge on any atom is 0.272 e. The molecule has 1 N–H and O–H groups in total. The Labute approximate surface area is 125 Å². The molecule has 0 bridgehead atoms. The van der Waals surface area contributed by atoms with E-state index >= 15 is 0 Å². The van der Waals surface area contributed by atoms with Crippen molar-refractivity contribution in [2.75, 3.05) is 0 Å². The van der Waals surface area contributed by atoms with Crippen LogP contribution in [0.25, 0.3) is 16.2 Å². The molecule has 3 aromatic rings. The van der Waals surface area contributed by atoms with E-state index in [1.807, 2.05) is 35.7 Å². The van der Waals surface area contributed by atoms with Gasteiger partial charge in [-0.15, -0.1) is 11.3 Å². The van der Waals surface area contributed by atoms with Gasteiger partial charge < -0.3 is 4.42 Å².